The second-order valence-corrected chi connectivity index (χ2v) is 7.18. The molecule has 1 aromatic heterocycles. The number of hydrogen-bond donors (Lipinski definition) is 0. The number of benzene rings is 2. The zero-order valence-electron chi connectivity index (χ0n) is 13.4. The first-order valence-corrected chi connectivity index (χ1v) is 8.96. The minimum atomic E-state index is -4.01. The Hall–Kier alpha value is -2.93. The first kappa shape index (κ1) is 16.9. The molecule has 25 heavy (non-hydrogen) atoms. The molecule has 0 N–H and O–H groups in total. The number of ketones is 1. The number of sulfone groups is 1. The Bertz CT molecular complexity index is 979. The molecule has 0 unspecified atom stereocenters. The van der Waals surface area contributed by atoms with E-state index in [-0.39, 0.29) is 28.0 Å². The van der Waals surface area contributed by atoms with Crippen molar-refractivity contribution in [3.05, 3.63) is 72.0 Å². The van der Waals surface area contributed by atoms with Crippen LogP contribution in [0.5, 0.6) is 5.88 Å². The van der Waals surface area contributed by atoms with Crippen molar-refractivity contribution in [2.24, 2.45) is 0 Å². The number of carbonyl (C=O) groups excluding carboxylic acids is 1. The fourth-order valence-corrected chi connectivity index (χ4v) is 3.77. The number of Topliss-reactive ketones (excluding diaryl/α,β-unsaturated/α-hetero) is 1. The minimum absolute atomic E-state index is 0.0326. The van der Waals surface area contributed by atoms with Crippen molar-refractivity contribution >= 4 is 15.6 Å². The fraction of sp³-hybridized carbons (Fsp3) is 0.111. The van der Waals surface area contributed by atoms with Gasteiger partial charge in [0.05, 0.1) is 4.90 Å². The number of aromatic nitrogens is 1. The molecular formula is C18H15NO5S. The van der Waals surface area contributed by atoms with Crippen LogP contribution in [0.3, 0.4) is 0 Å². The molecule has 0 saturated carbocycles. The highest BCUT2D eigenvalue weighted by atomic mass is 32.2. The standard InChI is InChI=1S/C18H15NO5S/c1-13(20)16-17(25(21,22)15-10-6-3-7-11-15)18(19-24-16)23-12-14-8-4-2-5-9-14/h2-11H,12H2,1H3. The van der Waals surface area contributed by atoms with E-state index in [4.69, 9.17) is 9.26 Å². The van der Waals surface area contributed by atoms with Crippen molar-refractivity contribution in [2.75, 3.05) is 0 Å². The normalized spacial score (nSPS) is 11.2. The Morgan fingerprint density at radius 3 is 2.24 bits per heavy atom. The second-order valence-electron chi connectivity index (χ2n) is 5.29. The molecule has 6 nitrogen and oxygen atoms in total. The molecule has 3 rings (SSSR count). The van der Waals surface area contributed by atoms with E-state index in [0.717, 1.165) is 5.56 Å². The molecule has 2 aromatic carbocycles. The third-order valence-corrected chi connectivity index (χ3v) is 5.27. The highest BCUT2D eigenvalue weighted by molar-refractivity contribution is 7.91. The van der Waals surface area contributed by atoms with Crippen molar-refractivity contribution in [1.82, 2.24) is 5.16 Å². The molecule has 0 bridgehead atoms. The van der Waals surface area contributed by atoms with Gasteiger partial charge in [-0.25, -0.2) is 8.42 Å². The molecule has 0 saturated heterocycles. The van der Waals surface area contributed by atoms with Crippen LogP contribution in [0.1, 0.15) is 23.0 Å². The van der Waals surface area contributed by atoms with Crippen LogP contribution in [-0.2, 0) is 16.4 Å². The minimum Gasteiger partial charge on any atom is -0.470 e. The van der Waals surface area contributed by atoms with E-state index in [1.54, 1.807) is 18.2 Å². The second kappa shape index (κ2) is 6.90. The zero-order chi connectivity index (χ0) is 17.9. The van der Waals surface area contributed by atoms with Gasteiger partial charge >= 0.3 is 0 Å². The molecule has 0 aliphatic carbocycles. The Morgan fingerprint density at radius 1 is 1.04 bits per heavy atom. The lowest BCUT2D eigenvalue weighted by Crippen LogP contribution is -2.08. The summed E-state index contributed by atoms with van der Waals surface area (Å²) in [5, 5.41) is 3.65. The van der Waals surface area contributed by atoms with Crippen molar-refractivity contribution in [2.45, 2.75) is 23.3 Å². The summed E-state index contributed by atoms with van der Waals surface area (Å²) in [6, 6.07) is 17.0. The summed E-state index contributed by atoms with van der Waals surface area (Å²) in [6.45, 7) is 1.31. The molecule has 0 atom stereocenters. The fourth-order valence-electron chi connectivity index (χ4n) is 2.26. The lowest BCUT2D eigenvalue weighted by molar-refractivity contribution is 0.0974. The molecule has 7 heteroatoms. The van der Waals surface area contributed by atoms with Crippen molar-refractivity contribution in [1.29, 1.82) is 0 Å². The first-order chi connectivity index (χ1) is 12.0. The van der Waals surface area contributed by atoms with Crippen LogP contribution < -0.4 is 4.74 Å². The van der Waals surface area contributed by atoms with Gasteiger partial charge in [-0.1, -0.05) is 48.5 Å². The van der Waals surface area contributed by atoms with Gasteiger partial charge in [0.25, 0.3) is 5.88 Å². The van der Waals surface area contributed by atoms with Crippen LogP contribution in [0.2, 0.25) is 0 Å². The summed E-state index contributed by atoms with van der Waals surface area (Å²) in [5.41, 5.74) is 0.831. The van der Waals surface area contributed by atoms with Crippen LogP contribution in [0.4, 0.5) is 0 Å². The van der Waals surface area contributed by atoms with Gasteiger partial charge in [0.2, 0.25) is 15.6 Å². The maximum atomic E-state index is 12.9. The molecule has 0 aliphatic rings. The van der Waals surface area contributed by atoms with Gasteiger partial charge in [-0.05, 0) is 22.9 Å². The van der Waals surface area contributed by atoms with Crippen LogP contribution in [0.15, 0.2) is 75.0 Å². The van der Waals surface area contributed by atoms with Crippen LogP contribution in [-0.4, -0.2) is 19.4 Å². The van der Waals surface area contributed by atoms with Crippen LogP contribution in [0.25, 0.3) is 0 Å². The van der Waals surface area contributed by atoms with Gasteiger partial charge < -0.3 is 9.26 Å². The molecule has 0 amide bonds. The molecular weight excluding hydrogens is 342 g/mol. The molecule has 0 aliphatic heterocycles. The number of carbonyl (C=O) groups is 1. The van der Waals surface area contributed by atoms with Gasteiger partial charge in [-0.3, -0.25) is 4.79 Å². The van der Waals surface area contributed by atoms with Gasteiger partial charge in [0.1, 0.15) is 6.61 Å². The molecule has 1 heterocycles. The van der Waals surface area contributed by atoms with Gasteiger partial charge in [0, 0.05) is 6.92 Å². The summed E-state index contributed by atoms with van der Waals surface area (Å²) in [4.78, 5) is 11.5. The van der Waals surface area contributed by atoms with Crippen LogP contribution in [0, 0.1) is 0 Å². The molecule has 128 valence electrons. The van der Waals surface area contributed by atoms with E-state index in [1.807, 2.05) is 30.3 Å². The summed E-state index contributed by atoms with van der Waals surface area (Å²) < 4.78 is 36.3. The molecule has 0 spiro atoms. The molecule has 0 fully saturated rings. The predicted molar refractivity (Wildman–Crippen MR) is 89.2 cm³/mol. The lowest BCUT2D eigenvalue weighted by Gasteiger charge is -2.07. The monoisotopic (exact) mass is 357 g/mol. The van der Waals surface area contributed by atoms with E-state index in [9.17, 15) is 13.2 Å². The molecule has 3 aromatic rings. The van der Waals surface area contributed by atoms with E-state index < -0.39 is 15.6 Å². The summed E-state index contributed by atoms with van der Waals surface area (Å²) in [5.74, 6) is -1.11. The van der Waals surface area contributed by atoms with E-state index in [2.05, 4.69) is 5.16 Å². The average Bonchev–Trinajstić information content (AvgIpc) is 3.07. The van der Waals surface area contributed by atoms with Crippen molar-refractivity contribution in [3.63, 3.8) is 0 Å². The highest BCUT2D eigenvalue weighted by Gasteiger charge is 2.33. The highest BCUT2D eigenvalue weighted by Crippen LogP contribution is 2.33. The smallest absolute Gasteiger partial charge is 0.274 e. The number of hydrogen-bond acceptors (Lipinski definition) is 6. The number of rotatable bonds is 6. The Labute approximate surface area is 145 Å². The van der Waals surface area contributed by atoms with Gasteiger partial charge in [-0.15, -0.1) is 0 Å². The van der Waals surface area contributed by atoms with Crippen LogP contribution >= 0.6 is 0 Å². The number of nitrogens with zero attached hydrogens (tertiary/aromatic N) is 1. The van der Waals surface area contributed by atoms with E-state index in [0.29, 0.717) is 0 Å². The maximum Gasteiger partial charge on any atom is 0.274 e. The van der Waals surface area contributed by atoms with Crippen molar-refractivity contribution in [3.8, 4) is 5.88 Å². The third-order valence-electron chi connectivity index (χ3n) is 3.48. The number of ether oxygens (including phenoxy) is 1. The Morgan fingerprint density at radius 2 is 1.64 bits per heavy atom. The van der Waals surface area contributed by atoms with E-state index >= 15 is 0 Å². The predicted octanol–water partition coefficient (Wildman–Crippen LogP) is 3.29. The van der Waals surface area contributed by atoms with Gasteiger partial charge in [-0.2, -0.15) is 0 Å². The lowest BCUT2D eigenvalue weighted by atomic mass is 10.2. The Kier molecular flexibility index (Phi) is 4.67. The summed E-state index contributed by atoms with van der Waals surface area (Å²) in [7, 11) is -4.01. The average molecular weight is 357 g/mol. The Balaban J connectivity index is 2.02. The quantitative estimate of drug-likeness (QED) is 0.629. The van der Waals surface area contributed by atoms with Gasteiger partial charge in [0.15, 0.2) is 10.7 Å². The zero-order valence-corrected chi connectivity index (χ0v) is 14.2. The largest absolute Gasteiger partial charge is 0.470 e. The topological polar surface area (TPSA) is 86.5 Å². The van der Waals surface area contributed by atoms with E-state index in [1.165, 1.54) is 19.1 Å². The maximum absolute atomic E-state index is 12.9. The van der Waals surface area contributed by atoms with Crippen molar-refractivity contribution < 1.29 is 22.5 Å². The summed E-state index contributed by atoms with van der Waals surface area (Å²) >= 11 is 0. The SMILES string of the molecule is CC(=O)c1onc(OCc2ccccc2)c1S(=O)(=O)c1ccccc1. The summed E-state index contributed by atoms with van der Waals surface area (Å²) in [6.07, 6.45) is 0. The first-order valence-electron chi connectivity index (χ1n) is 7.47. The molecule has 0 radical (unpaired) electrons. The third kappa shape index (κ3) is 3.46.